The molecule has 0 radical (unpaired) electrons. The molecule has 0 saturated heterocycles. The number of hydrogen-bond acceptors (Lipinski definition) is 3. The van der Waals surface area contributed by atoms with Crippen LogP contribution in [0.15, 0.2) is 27.1 Å². The third kappa shape index (κ3) is 2.42. The second-order valence-electron chi connectivity index (χ2n) is 4.83. The van der Waals surface area contributed by atoms with Crippen LogP contribution in [0.4, 0.5) is 0 Å². The van der Waals surface area contributed by atoms with Crippen LogP contribution in [0, 0.1) is 6.92 Å². The van der Waals surface area contributed by atoms with Crippen LogP contribution < -0.4 is 0 Å². The quantitative estimate of drug-likeness (QED) is 0.928. The minimum atomic E-state index is -1.05. The van der Waals surface area contributed by atoms with Crippen molar-refractivity contribution in [1.29, 1.82) is 0 Å². The minimum Gasteiger partial charge on any atom is -0.475 e. The summed E-state index contributed by atoms with van der Waals surface area (Å²) in [6, 6.07) is 5.78. The van der Waals surface area contributed by atoms with Gasteiger partial charge >= 0.3 is 5.97 Å². The van der Waals surface area contributed by atoms with E-state index in [9.17, 15) is 4.79 Å². The van der Waals surface area contributed by atoms with E-state index in [1.165, 1.54) is 0 Å². The molecule has 1 heterocycles. The van der Waals surface area contributed by atoms with Crippen molar-refractivity contribution in [1.82, 2.24) is 4.98 Å². The first-order valence-corrected chi connectivity index (χ1v) is 6.85. The zero-order chi connectivity index (χ0) is 13.6. The monoisotopic (exact) mass is 321 g/mol. The standard InChI is InChI=1S/C14H12BrNO3/c1-7-4-9(6-10(15)5-7)13-16-11(8-2-3-8)12(19-13)14(17)18/h4-6,8H,2-3H2,1H3,(H,17,18). The van der Waals surface area contributed by atoms with Crippen molar-refractivity contribution in [2.45, 2.75) is 25.7 Å². The zero-order valence-corrected chi connectivity index (χ0v) is 11.9. The lowest BCUT2D eigenvalue weighted by molar-refractivity contribution is 0.0661. The van der Waals surface area contributed by atoms with E-state index < -0.39 is 5.97 Å². The van der Waals surface area contributed by atoms with E-state index in [2.05, 4.69) is 20.9 Å². The van der Waals surface area contributed by atoms with Crippen LogP contribution in [-0.2, 0) is 0 Å². The van der Waals surface area contributed by atoms with Gasteiger partial charge in [-0.3, -0.25) is 0 Å². The van der Waals surface area contributed by atoms with Crippen molar-refractivity contribution in [2.75, 3.05) is 0 Å². The molecule has 1 aromatic heterocycles. The Labute approximate surface area is 118 Å². The maximum absolute atomic E-state index is 11.2. The number of aryl methyl sites for hydroxylation is 1. The minimum absolute atomic E-state index is 0.0184. The Bertz CT molecular complexity index is 638. The van der Waals surface area contributed by atoms with Gasteiger partial charge < -0.3 is 9.52 Å². The Balaban J connectivity index is 2.09. The SMILES string of the molecule is Cc1cc(Br)cc(-c2nc(C3CC3)c(C(=O)O)o2)c1. The lowest BCUT2D eigenvalue weighted by Crippen LogP contribution is -1.98. The molecule has 1 aliphatic rings. The van der Waals surface area contributed by atoms with Crippen LogP contribution >= 0.6 is 15.9 Å². The summed E-state index contributed by atoms with van der Waals surface area (Å²) >= 11 is 3.42. The van der Waals surface area contributed by atoms with Crippen LogP contribution in [0.5, 0.6) is 0 Å². The topological polar surface area (TPSA) is 63.3 Å². The Hall–Kier alpha value is -1.62. The normalized spacial score (nSPS) is 14.6. The Morgan fingerprint density at radius 2 is 2.16 bits per heavy atom. The number of rotatable bonds is 3. The molecule has 1 fully saturated rings. The van der Waals surface area contributed by atoms with Gasteiger partial charge in [0.15, 0.2) is 0 Å². The summed E-state index contributed by atoms with van der Waals surface area (Å²) in [5.74, 6) is -0.442. The van der Waals surface area contributed by atoms with Gasteiger partial charge in [0.2, 0.25) is 11.7 Å². The number of carboxylic acids is 1. The maximum Gasteiger partial charge on any atom is 0.373 e. The van der Waals surface area contributed by atoms with Gasteiger partial charge in [-0.05, 0) is 43.5 Å². The number of aromatic nitrogens is 1. The number of carbonyl (C=O) groups is 1. The van der Waals surface area contributed by atoms with E-state index in [4.69, 9.17) is 9.52 Å². The van der Waals surface area contributed by atoms with Crippen molar-refractivity contribution in [3.63, 3.8) is 0 Å². The molecular weight excluding hydrogens is 310 g/mol. The first kappa shape index (κ1) is 12.4. The van der Waals surface area contributed by atoms with Crippen LogP contribution in [0.3, 0.4) is 0 Å². The Morgan fingerprint density at radius 1 is 1.42 bits per heavy atom. The van der Waals surface area contributed by atoms with Gasteiger partial charge in [-0.2, -0.15) is 0 Å². The number of benzene rings is 1. The molecule has 4 nitrogen and oxygen atoms in total. The molecule has 0 atom stereocenters. The second kappa shape index (κ2) is 4.49. The van der Waals surface area contributed by atoms with E-state index in [1.54, 1.807) is 0 Å². The van der Waals surface area contributed by atoms with Crippen molar-refractivity contribution >= 4 is 21.9 Å². The predicted molar refractivity (Wildman–Crippen MR) is 73.3 cm³/mol. The molecule has 1 N–H and O–H groups in total. The summed E-state index contributed by atoms with van der Waals surface area (Å²) in [4.78, 5) is 15.6. The molecular formula is C14H12BrNO3. The lowest BCUT2D eigenvalue weighted by atomic mass is 10.1. The number of oxazole rings is 1. The molecule has 0 amide bonds. The summed E-state index contributed by atoms with van der Waals surface area (Å²) in [7, 11) is 0. The highest BCUT2D eigenvalue weighted by Crippen LogP contribution is 2.42. The smallest absolute Gasteiger partial charge is 0.373 e. The molecule has 19 heavy (non-hydrogen) atoms. The summed E-state index contributed by atoms with van der Waals surface area (Å²) in [5.41, 5.74) is 2.44. The number of hydrogen-bond donors (Lipinski definition) is 1. The first-order chi connectivity index (χ1) is 9.04. The highest BCUT2D eigenvalue weighted by atomic mass is 79.9. The third-order valence-electron chi connectivity index (χ3n) is 3.10. The average molecular weight is 322 g/mol. The zero-order valence-electron chi connectivity index (χ0n) is 10.3. The number of halogens is 1. The van der Waals surface area contributed by atoms with E-state index in [-0.39, 0.29) is 11.7 Å². The van der Waals surface area contributed by atoms with Gasteiger partial charge in [0.1, 0.15) is 0 Å². The Morgan fingerprint density at radius 3 is 2.74 bits per heavy atom. The van der Waals surface area contributed by atoms with Crippen molar-refractivity contribution < 1.29 is 14.3 Å². The molecule has 5 heteroatoms. The molecule has 3 rings (SSSR count). The largest absolute Gasteiger partial charge is 0.475 e. The molecule has 1 aromatic carbocycles. The molecule has 0 bridgehead atoms. The van der Waals surface area contributed by atoms with Gasteiger partial charge in [0, 0.05) is 16.0 Å². The van der Waals surface area contributed by atoms with Crippen LogP contribution in [0.1, 0.15) is 40.6 Å². The van der Waals surface area contributed by atoms with Gasteiger partial charge in [-0.25, -0.2) is 9.78 Å². The highest BCUT2D eigenvalue weighted by Gasteiger charge is 2.33. The van der Waals surface area contributed by atoms with Gasteiger partial charge in [-0.15, -0.1) is 0 Å². The molecule has 1 saturated carbocycles. The van der Waals surface area contributed by atoms with Crippen LogP contribution in [0.25, 0.3) is 11.5 Å². The number of nitrogens with zero attached hydrogens (tertiary/aromatic N) is 1. The van der Waals surface area contributed by atoms with Gasteiger partial charge in [0.05, 0.1) is 5.69 Å². The molecule has 1 aliphatic carbocycles. The first-order valence-electron chi connectivity index (χ1n) is 6.06. The number of aromatic carboxylic acids is 1. The predicted octanol–water partition coefficient (Wildman–Crippen LogP) is 3.99. The lowest BCUT2D eigenvalue weighted by Gasteiger charge is -1.99. The fraction of sp³-hybridized carbons (Fsp3) is 0.286. The van der Waals surface area contributed by atoms with E-state index in [1.807, 2.05) is 25.1 Å². The fourth-order valence-corrected chi connectivity index (χ4v) is 2.71. The highest BCUT2D eigenvalue weighted by molar-refractivity contribution is 9.10. The van der Waals surface area contributed by atoms with Crippen molar-refractivity contribution in [3.8, 4) is 11.5 Å². The van der Waals surface area contributed by atoms with Gasteiger partial charge in [0.25, 0.3) is 0 Å². The number of carboxylic acid groups (broad SMARTS) is 1. The molecule has 0 spiro atoms. The summed E-state index contributed by atoms with van der Waals surface area (Å²) in [6.45, 7) is 1.97. The second-order valence-corrected chi connectivity index (χ2v) is 5.75. The van der Waals surface area contributed by atoms with Crippen LogP contribution in [-0.4, -0.2) is 16.1 Å². The maximum atomic E-state index is 11.2. The Kier molecular flexibility index (Phi) is 2.93. The fourth-order valence-electron chi connectivity index (χ4n) is 2.10. The molecule has 0 unspecified atom stereocenters. The average Bonchev–Trinajstić information content (AvgIpc) is 3.06. The summed E-state index contributed by atoms with van der Waals surface area (Å²) in [5, 5.41) is 9.17. The summed E-state index contributed by atoms with van der Waals surface area (Å²) < 4.78 is 6.36. The van der Waals surface area contributed by atoms with Gasteiger partial charge in [-0.1, -0.05) is 15.9 Å². The van der Waals surface area contributed by atoms with Crippen molar-refractivity contribution in [3.05, 3.63) is 39.7 Å². The molecule has 0 aliphatic heterocycles. The van der Waals surface area contributed by atoms with Crippen LogP contribution in [0.2, 0.25) is 0 Å². The molecule has 98 valence electrons. The van der Waals surface area contributed by atoms with Crippen molar-refractivity contribution in [2.24, 2.45) is 0 Å². The summed E-state index contributed by atoms with van der Waals surface area (Å²) in [6.07, 6.45) is 1.98. The van der Waals surface area contributed by atoms with E-state index >= 15 is 0 Å². The van der Waals surface area contributed by atoms with E-state index in [0.717, 1.165) is 28.4 Å². The molecule has 2 aromatic rings. The van der Waals surface area contributed by atoms with E-state index in [0.29, 0.717) is 11.6 Å². The third-order valence-corrected chi connectivity index (χ3v) is 3.56.